The first-order chi connectivity index (χ1) is 13.0. The van der Waals surface area contributed by atoms with Gasteiger partial charge < -0.3 is 19.4 Å². The van der Waals surface area contributed by atoms with Gasteiger partial charge in [0.2, 0.25) is 11.8 Å². The van der Waals surface area contributed by atoms with Crippen LogP contribution in [0.5, 0.6) is 0 Å². The molecular weight excluding hydrogens is 346 g/mol. The molecule has 0 saturated carbocycles. The number of carbonyl (C=O) groups excluding carboxylic acids is 2. The van der Waals surface area contributed by atoms with Crippen LogP contribution in [0.15, 0.2) is 6.33 Å². The Kier molecular flexibility index (Phi) is 6.26. The van der Waals surface area contributed by atoms with Crippen molar-refractivity contribution >= 4 is 17.6 Å². The molecule has 2 amide bonds. The number of ether oxygens (including phenoxy) is 1. The summed E-state index contributed by atoms with van der Waals surface area (Å²) in [6, 6.07) is 0. The highest BCUT2D eigenvalue weighted by Gasteiger charge is 2.32. The van der Waals surface area contributed by atoms with E-state index < -0.39 is 0 Å². The largest absolute Gasteiger partial charge is 0.375 e. The predicted octanol–water partition coefficient (Wildman–Crippen LogP) is 0.627. The first-order valence-corrected chi connectivity index (χ1v) is 9.60. The maximum Gasteiger partial charge on any atom is 0.248 e. The molecule has 0 spiro atoms. The van der Waals surface area contributed by atoms with Crippen molar-refractivity contribution in [3.8, 4) is 0 Å². The topological polar surface area (TPSA) is 78.9 Å². The molecule has 0 aromatic carbocycles. The van der Waals surface area contributed by atoms with E-state index in [1.165, 1.54) is 7.11 Å². The van der Waals surface area contributed by atoms with E-state index in [0.29, 0.717) is 26.2 Å². The molecule has 1 atom stereocenters. The minimum absolute atomic E-state index is 0.0329. The predicted molar refractivity (Wildman–Crippen MR) is 101 cm³/mol. The Morgan fingerprint density at radius 2 is 1.85 bits per heavy atom. The van der Waals surface area contributed by atoms with Crippen molar-refractivity contribution in [2.75, 3.05) is 57.9 Å². The third-order valence-corrected chi connectivity index (χ3v) is 5.59. The Morgan fingerprint density at radius 3 is 2.56 bits per heavy atom. The van der Waals surface area contributed by atoms with Crippen molar-refractivity contribution < 1.29 is 14.3 Å². The molecule has 148 valence electrons. The third-order valence-electron chi connectivity index (χ3n) is 5.59. The van der Waals surface area contributed by atoms with Gasteiger partial charge in [-0.25, -0.2) is 9.97 Å². The van der Waals surface area contributed by atoms with Crippen molar-refractivity contribution in [1.29, 1.82) is 0 Å². The first kappa shape index (κ1) is 19.5. The van der Waals surface area contributed by atoms with Crippen molar-refractivity contribution in [2.24, 2.45) is 5.92 Å². The number of nitrogens with zero attached hydrogens (tertiary/aromatic N) is 5. The molecule has 3 heterocycles. The van der Waals surface area contributed by atoms with Gasteiger partial charge in [-0.1, -0.05) is 0 Å². The zero-order valence-electron chi connectivity index (χ0n) is 16.5. The number of piperidine rings is 1. The summed E-state index contributed by atoms with van der Waals surface area (Å²) in [6.07, 6.45) is 3.31. The average molecular weight is 375 g/mol. The number of hydrogen-bond donors (Lipinski definition) is 0. The SMILES string of the molecule is COCC(=O)N1CCCC(C(=O)N2CCN(c3ncnc(C)c3C)CC2)C1. The van der Waals surface area contributed by atoms with E-state index in [9.17, 15) is 9.59 Å². The van der Waals surface area contributed by atoms with E-state index in [2.05, 4.69) is 14.9 Å². The molecular formula is C19H29N5O3. The van der Waals surface area contributed by atoms with E-state index in [0.717, 1.165) is 43.0 Å². The Hall–Kier alpha value is -2.22. The molecule has 2 fully saturated rings. The number of anilines is 1. The Balaban J connectivity index is 1.56. The van der Waals surface area contributed by atoms with Gasteiger partial charge in [0.15, 0.2) is 0 Å². The molecule has 2 saturated heterocycles. The molecule has 2 aliphatic heterocycles. The van der Waals surface area contributed by atoms with Crippen molar-refractivity contribution in [1.82, 2.24) is 19.8 Å². The van der Waals surface area contributed by atoms with Gasteiger partial charge in [0.05, 0.1) is 5.92 Å². The van der Waals surface area contributed by atoms with E-state index in [1.807, 2.05) is 18.7 Å². The molecule has 8 heteroatoms. The molecule has 1 unspecified atom stereocenters. The standard InChI is InChI=1S/C19H29N5O3/c1-14-15(2)20-13-21-18(14)22-7-9-23(10-8-22)19(26)16-5-4-6-24(11-16)17(25)12-27-3/h13,16H,4-12H2,1-3H3. The molecule has 0 N–H and O–H groups in total. The number of piperazine rings is 1. The van der Waals surface area contributed by atoms with Gasteiger partial charge in [-0.2, -0.15) is 0 Å². The monoisotopic (exact) mass is 375 g/mol. The van der Waals surface area contributed by atoms with Crippen LogP contribution in [0.1, 0.15) is 24.1 Å². The van der Waals surface area contributed by atoms with Gasteiger partial charge in [-0.05, 0) is 26.7 Å². The number of aromatic nitrogens is 2. The molecule has 0 radical (unpaired) electrons. The van der Waals surface area contributed by atoms with Crippen LogP contribution in [0.4, 0.5) is 5.82 Å². The Morgan fingerprint density at radius 1 is 1.11 bits per heavy atom. The summed E-state index contributed by atoms with van der Waals surface area (Å²) in [5.41, 5.74) is 2.08. The number of rotatable bonds is 4. The van der Waals surface area contributed by atoms with Crippen LogP contribution >= 0.6 is 0 Å². The maximum absolute atomic E-state index is 13.0. The normalized spacial score (nSPS) is 20.7. The second kappa shape index (κ2) is 8.65. The third kappa shape index (κ3) is 4.37. The van der Waals surface area contributed by atoms with Gasteiger partial charge in [-0.15, -0.1) is 0 Å². The van der Waals surface area contributed by atoms with Gasteiger partial charge >= 0.3 is 0 Å². The van der Waals surface area contributed by atoms with Crippen LogP contribution in [-0.2, 0) is 14.3 Å². The quantitative estimate of drug-likeness (QED) is 0.768. The number of hydrogen-bond acceptors (Lipinski definition) is 6. The van der Waals surface area contributed by atoms with Crippen LogP contribution in [-0.4, -0.2) is 84.6 Å². The Labute approximate surface area is 160 Å². The van der Waals surface area contributed by atoms with Crippen molar-refractivity contribution in [3.05, 3.63) is 17.6 Å². The molecule has 0 bridgehead atoms. The summed E-state index contributed by atoms with van der Waals surface area (Å²) >= 11 is 0. The Bertz CT molecular complexity index is 688. The van der Waals surface area contributed by atoms with Crippen LogP contribution in [0.2, 0.25) is 0 Å². The van der Waals surface area contributed by atoms with E-state index in [1.54, 1.807) is 11.2 Å². The van der Waals surface area contributed by atoms with E-state index >= 15 is 0 Å². The molecule has 1 aromatic heterocycles. The highest BCUT2D eigenvalue weighted by atomic mass is 16.5. The summed E-state index contributed by atoms with van der Waals surface area (Å²) in [5, 5.41) is 0. The molecule has 27 heavy (non-hydrogen) atoms. The molecule has 1 aromatic rings. The zero-order chi connectivity index (χ0) is 19.4. The fourth-order valence-corrected chi connectivity index (χ4v) is 3.86. The lowest BCUT2D eigenvalue weighted by Crippen LogP contribution is -2.53. The summed E-state index contributed by atoms with van der Waals surface area (Å²) < 4.78 is 4.94. The lowest BCUT2D eigenvalue weighted by atomic mass is 9.96. The minimum Gasteiger partial charge on any atom is -0.375 e. The summed E-state index contributed by atoms with van der Waals surface area (Å²) in [4.78, 5) is 39.6. The van der Waals surface area contributed by atoms with Crippen LogP contribution in [0.3, 0.4) is 0 Å². The highest BCUT2D eigenvalue weighted by Crippen LogP contribution is 2.23. The first-order valence-electron chi connectivity index (χ1n) is 9.60. The number of methoxy groups -OCH3 is 1. The summed E-state index contributed by atoms with van der Waals surface area (Å²) in [5.74, 6) is 0.993. The fourth-order valence-electron chi connectivity index (χ4n) is 3.86. The number of carbonyl (C=O) groups is 2. The maximum atomic E-state index is 13.0. The van der Waals surface area contributed by atoms with Crippen molar-refractivity contribution in [3.63, 3.8) is 0 Å². The number of amides is 2. The number of aryl methyl sites for hydroxylation is 1. The fraction of sp³-hybridized carbons (Fsp3) is 0.684. The van der Waals surface area contributed by atoms with Crippen LogP contribution in [0.25, 0.3) is 0 Å². The zero-order valence-corrected chi connectivity index (χ0v) is 16.5. The molecule has 2 aliphatic rings. The molecule has 0 aliphatic carbocycles. The highest BCUT2D eigenvalue weighted by molar-refractivity contribution is 5.82. The second-order valence-corrected chi connectivity index (χ2v) is 7.33. The van der Waals surface area contributed by atoms with E-state index in [4.69, 9.17) is 4.74 Å². The van der Waals surface area contributed by atoms with Gasteiger partial charge in [0.1, 0.15) is 18.8 Å². The van der Waals surface area contributed by atoms with Gasteiger partial charge in [0.25, 0.3) is 0 Å². The van der Waals surface area contributed by atoms with Gasteiger partial charge in [0, 0.05) is 57.6 Å². The minimum atomic E-state index is -0.103. The number of likely N-dealkylation sites (tertiary alicyclic amines) is 1. The second-order valence-electron chi connectivity index (χ2n) is 7.33. The van der Waals surface area contributed by atoms with Crippen LogP contribution < -0.4 is 4.90 Å². The summed E-state index contributed by atoms with van der Waals surface area (Å²) in [6.45, 7) is 8.22. The molecule has 3 rings (SSSR count). The smallest absolute Gasteiger partial charge is 0.248 e. The summed E-state index contributed by atoms with van der Waals surface area (Å²) in [7, 11) is 1.52. The van der Waals surface area contributed by atoms with Crippen LogP contribution in [0, 0.1) is 19.8 Å². The average Bonchev–Trinajstić information content (AvgIpc) is 2.70. The lowest BCUT2D eigenvalue weighted by molar-refractivity contribution is -0.142. The lowest BCUT2D eigenvalue weighted by Gasteiger charge is -2.39. The molecule has 8 nitrogen and oxygen atoms in total. The van der Waals surface area contributed by atoms with E-state index in [-0.39, 0.29) is 24.3 Å². The van der Waals surface area contributed by atoms with Crippen molar-refractivity contribution in [2.45, 2.75) is 26.7 Å². The van der Waals surface area contributed by atoms with Gasteiger partial charge in [-0.3, -0.25) is 9.59 Å².